The van der Waals surface area contributed by atoms with Crippen molar-refractivity contribution in [3.63, 3.8) is 0 Å². The molecule has 4 heteroatoms. The molecule has 0 N–H and O–H groups in total. The lowest BCUT2D eigenvalue weighted by Gasteiger charge is -2.03. The maximum absolute atomic E-state index is 12.2. The Balaban J connectivity index is 2.22. The highest BCUT2D eigenvalue weighted by molar-refractivity contribution is 9.10. The van der Waals surface area contributed by atoms with Crippen LogP contribution >= 0.6 is 27.3 Å². The van der Waals surface area contributed by atoms with E-state index in [-0.39, 0.29) is 5.78 Å². The highest BCUT2D eigenvalue weighted by atomic mass is 79.9. The van der Waals surface area contributed by atoms with Crippen LogP contribution in [0.15, 0.2) is 22.7 Å². The van der Waals surface area contributed by atoms with Crippen LogP contribution in [0.25, 0.3) is 0 Å². The number of ketones is 1. The highest BCUT2D eigenvalue weighted by Gasteiger charge is 2.13. The molecule has 2 nitrogen and oxygen atoms in total. The summed E-state index contributed by atoms with van der Waals surface area (Å²) in [5.41, 5.74) is 2.89. The summed E-state index contributed by atoms with van der Waals surface area (Å²) in [6, 6.07) is 5.79. The van der Waals surface area contributed by atoms with Gasteiger partial charge < -0.3 is 0 Å². The number of aromatic nitrogens is 1. The van der Waals surface area contributed by atoms with Crippen molar-refractivity contribution in [2.45, 2.75) is 27.2 Å². The van der Waals surface area contributed by atoms with Gasteiger partial charge in [-0.25, -0.2) is 4.98 Å². The summed E-state index contributed by atoms with van der Waals surface area (Å²) in [6.07, 6.45) is 0.376. The molecule has 18 heavy (non-hydrogen) atoms. The number of hydrogen-bond donors (Lipinski definition) is 0. The molecule has 0 amide bonds. The SMILES string of the molecule is Cc1ccc(C(=O)Cc2nc(C)c(C)s2)c(Br)c1. The molecular weight excluding hydrogens is 310 g/mol. The van der Waals surface area contributed by atoms with Crippen molar-refractivity contribution >= 4 is 33.0 Å². The molecule has 0 unspecified atom stereocenters. The molecule has 0 atom stereocenters. The van der Waals surface area contributed by atoms with Crippen LogP contribution < -0.4 is 0 Å². The zero-order valence-corrected chi connectivity index (χ0v) is 13.0. The molecule has 0 fully saturated rings. The fourth-order valence-electron chi connectivity index (χ4n) is 1.69. The molecule has 0 aliphatic heterocycles. The monoisotopic (exact) mass is 323 g/mol. The summed E-state index contributed by atoms with van der Waals surface area (Å²) >= 11 is 5.04. The van der Waals surface area contributed by atoms with E-state index in [1.54, 1.807) is 11.3 Å². The second-order valence-corrected chi connectivity index (χ2v) is 6.47. The molecule has 0 aliphatic carbocycles. The predicted octanol–water partition coefficient (Wildman–Crippen LogP) is 4.26. The van der Waals surface area contributed by atoms with Gasteiger partial charge in [0.15, 0.2) is 5.78 Å². The Morgan fingerprint density at radius 2 is 2.06 bits per heavy atom. The van der Waals surface area contributed by atoms with Crippen molar-refractivity contribution in [1.29, 1.82) is 0 Å². The van der Waals surface area contributed by atoms with Gasteiger partial charge in [-0.1, -0.05) is 22.0 Å². The summed E-state index contributed by atoms with van der Waals surface area (Å²) in [5, 5.41) is 0.891. The molecule has 0 bridgehead atoms. The van der Waals surface area contributed by atoms with Gasteiger partial charge in [0.2, 0.25) is 0 Å². The summed E-state index contributed by atoms with van der Waals surface area (Å²) in [6.45, 7) is 6.01. The molecule has 0 radical (unpaired) electrons. The number of benzene rings is 1. The molecule has 0 saturated carbocycles. The third kappa shape index (κ3) is 2.87. The van der Waals surface area contributed by atoms with Crippen LogP contribution in [0.4, 0.5) is 0 Å². The van der Waals surface area contributed by atoms with Gasteiger partial charge in [-0.2, -0.15) is 0 Å². The molecule has 1 aromatic carbocycles. The van der Waals surface area contributed by atoms with Crippen molar-refractivity contribution in [3.05, 3.63) is 49.4 Å². The Morgan fingerprint density at radius 3 is 2.61 bits per heavy atom. The third-order valence-electron chi connectivity index (χ3n) is 2.81. The van der Waals surface area contributed by atoms with Crippen molar-refractivity contribution in [3.8, 4) is 0 Å². The van der Waals surface area contributed by atoms with Gasteiger partial charge in [0.05, 0.1) is 12.1 Å². The number of thiazole rings is 1. The number of halogens is 1. The first kappa shape index (κ1) is 13.4. The van der Waals surface area contributed by atoms with Crippen LogP contribution in [-0.2, 0) is 6.42 Å². The van der Waals surface area contributed by atoms with Crippen molar-refractivity contribution in [2.24, 2.45) is 0 Å². The molecule has 1 aromatic heterocycles. The zero-order valence-electron chi connectivity index (χ0n) is 10.6. The Morgan fingerprint density at radius 1 is 1.33 bits per heavy atom. The van der Waals surface area contributed by atoms with Gasteiger partial charge >= 0.3 is 0 Å². The standard InChI is InChI=1S/C14H14BrNOS/c1-8-4-5-11(12(15)6-8)13(17)7-14-16-9(2)10(3)18-14/h4-6H,7H2,1-3H3. The summed E-state index contributed by atoms with van der Waals surface area (Å²) in [7, 11) is 0. The summed E-state index contributed by atoms with van der Waals surface area (Å²) in [4.78, 5) is 17.8. The second-order valence-electron chi connectivity index (χ2n) is 4.33. The van der Waals surface area contributed by atoms with E-state index in [0.29, 0.717) is 6.42 Å². The minimum atomic E-state index is 0.107. The Hall–Kier alpha value is -1.00. The number of carbonyl (C=O) groups is 1. The Kier molecular flexibility index (Phi) is 3.97. The minimum Gasteiger partial charge on any atom is -0.294 e. The van der Waals surface area contributed by atoms with Crippen LogP contribution in [0.1, 0.15) is 31.5 Å². The van der Waals surface area contributed by atoms with Gasteiger partial charge in [-0.3, -0.25) is 4.79 Å². The lowest BCUT2D eigenvalue weighted by Crippen LogP contribution is -2.04. The van der Waals surface area contributed by atoms with Gasteiger partial charge in [0.25, 0.3) is 0 Å². The van der Waals surface area contributed by atoms with E-state index in [9.17, 15) is 4.79 Å². The molecule has 94 valence electrons. The largest absolute Gasteiger partial charge is 0.294 e. The quantitative estimate of drug-likeness (QED) is 0.790. The molecular formula is C14H14BrNOS. The maximum atomic E-state index is 12.2. The maximum Gasteiger partial charge on any atom is 0.170 e. The van der Waals surface area contributed by atoms with E-state index in [1.165, 1.54) is 4.88 Å². The first-order valence-electron chi connectivity index (χ1n) is 5.69. The summed E-state index contributed by atoms with van der Waals surface area (Å²) < 4.78 is 0.859. The van der Waals surface area contributed by atoms with Crippen LogP contribution in [-0.4, -0.2) is 10.8 Å². The number of aryl methyl sites for hydroxylation is 3. The predicted molar refractivity (Wildman–Crippen MR) is 78.5 cm³/mol. The van der Waals surface area contributed by atoms with E-state index >= 15 is 0 Å². The Labute approximate surface area is 119 Å². The first-order chi connectivity index (χ1) is 8.47. The van der Waals surface area contributed by atoms with E-state index in [4.69, 9.17) is 0 Å². The zero-order chi connectivity index (χ0) is 13.3. The van der Waals surface area contributed by atoms with Crippen molar-refractivity contribution in [2.75, 3.05) is 0 Å². The Bertz CT molecular complexity index is 584. The van der Waals surface area contributed by atoms with Gasteiger partial charge in [-0.05, 0) is 38.5 Å². The second kappa shape index (κ2) is 5.33. The minimum absolute atomic E-state index is 0.107. The van der Waals surface area contributed by atoms with E-state index < -0.39 is 0 Å². The van der Waals surface area contributed by atoms with E-state index in [2.05, 4.69) is 20.9 Å². The van der Waals surface area contributed by atoms with Gasteiger partial charge in [-0.15, -0.1) is 11.3 Å². The number of nitrogens with zero attached hydrogens (tertiary/aromatic N) is 1. The number of hydrogen-bond acceptors (Lipinski definition) is 3. The van der Waals surface area contributed by atoms with Crippen molar-refractivity contribution in [1.82, 2.24) is 4.98 Å². The summed E-state index contributed by atoms with van der Waals surface area (Å²) in [5.74, 6) is 0.107. The molecule has 0 spiro atoms. The molecule has 2 rings (SSSR count). The topological polar surface area (TPSA) is 30.0 Å². The lowest BCUT2D eigenvalue weighted by atomic mass is 10.1. The van der Waals surface area contributed by atoms with Crippen LogP contribution in [0.5, 0.6) is 0 Å². The van der Waals surface area contributed by atoms with E-state index in [0.717, 1.165) is 26.3 Å². The number of rotatable bonds is 3. The van der Waals surface area contributed by atoms with Gasteiger partial charge in [0.1, 0.15) is 5.01 Å². The van der Waals surface area contributed by atoms with E-state index in [1.807, 2.05) is 39.0 Å². The fourth-order valence-corrected chi connectivity index (χ4v) is 3.34. The van der Waals surface area contributed by atoms with Crippen LogP contribution in [0.3, 0.4) is 0 Å². The molecule has 0 saturated heterocycles. The first-order valence-corrected chi connectivity index (χ1v) is 7.30. The average molecular weight is 324 g/mol. The average Bonchev–Trinajstić information content (AvgIpc) is 2.57. The normalized spacial score (nSPS) is 10.7. The highest BCUT2D eigenvalue weighted by Crippen LogP contribution is 2.22. The number of Topliss-reactive ketones (excluding diaryl/α,β-unsaturated/α-hetero) is 1. The van der Waals surface area contributed by atoms with Crippen molar-refractivity contribution < 1.29 is 4.79 Å². The fraction of sp³-hybridized carbons (Fsp3) is 0.286. The molecule has 0 aliphatic rings. The number of carbonyl (C=O) groups excluding carboxylic acids is 1. The van der Waals surface area contributed by atoms with Gasteiger partial charge in [0, 0.05) is 14.9 Å². The molecule has 2 aromatic rings. The van der Waals surface area contributed by atoms with Crippen LogP contribution in [0, 0.1) is 20.8 Å². The third-order valence-corrected chi connectivity index (χ3v) is 4.54. The smallest absolute Gasteiger partial charge is 0.170 e. The lowest BCUT2D eigenvalue weighted by molar-refractivity contribution is 0.0992. The molecule has 1 heterocycles. The van der Waals surface area contributed by atoms with Crippen LogP contribution in [0.2, 0.25) is 0 Å².